The van der Waals surface area contributed by atoms with Gasteiger partial charge in [-0.1, -0.05) is 12.1 Å². The minimum atomic E-state index is -4.45. The highest BCUT2D eigenvalue weighted by molar-refractivity contribution is 5.79. The molecule has 1 aromatic heterocycles. The lowest BCUT2D eigenvalue weighted by molar-refractivity contribution is -0.137. The van der Waals surface area contributed by atoms with Crippen molar-refractivity contribution < 1.29 is 17.9 Å². The molecule has 0 atom stereocenters. The highest BCUT2D eigenvalue weighted by Gasteiger charge is 2.33. The van der Waals surface area contributed by atoms with E-state index < -0.39 is 11.7 Å². The Morgan fingerprint density at radius 2 is 1.96 bits per heavy atom. The number of anilines is 1. The van der Waals surface area contributed by atoms with Gasteiger partial charge >= 0.3 is 6.18 Å². The normalized spacial score (nSPS) is 11.8. The summed E-state index contributed by atoms with van der Waals surface area (Å²) in [6, 6.07) is 9.85. The summed E-state index contributed by atoms with van der Waals surface area (Å²) >= 11 is 0. The van der Waals surface area contributed by atoms with Crippen molar-refractivity contribution in [3.05, 3.63) is 53.7 Å². The van der Waals surface area contributed by atoms with Crippen molar-refractivity contribution in [3.63, 3.8) is 0 Å². The van der Waals surface area contributed by atoms with Crippen LogP contribution in [0.25, 0.3) is 0 Å². The van der Waals surface area contributed by atoms with Crippen molar-refractivity contribution in [2.24, 2.45) is 4.99 Å². The highest BCUT2D eigenvalue weighted by Crippen LogP contribution is 2.33. The number of guanidine groups is 1. The molecule has 1 aromatic carbocycles. The van der Waals surface area contributed by atoms with Crippen LogP contribution in [0.4, 0.5) is 19.0 Å². The van der Waals surface area contributed by atoms with E-state index in [0.717, 1.165) is 17.4 Å². The molecule has 3 N–H and O–H groups in total. The number of nitrogens with zero attached hydrogens (tertiary/aromatic N) is 2. The Bertz CT molecular complexity index is 780. The summed E-state index contributed by atoms with van der Waals surface area (Å²) in [6.45, 7) is 3.67. The van der Waals surface area contributed by atoms with Gasteiger partial charge in [-0.2, -0.15) is 13.2 Å². The fourth-order valence-electron chi connectivity index (χ4n) is 2.42. The predicted octanol–water partition coefficient (Wildman–Crippen LogP) is 3.28. The van der Waals surface area contributed by atoms with Gasteiger partial charge in [0.2, 0.25) is 0 Å². The summed E-state index contributed by atoms with van der Waals surface area (Å²) in [6.07, 6.45) is -3.12. The van der Waals surface area contributed by atoms with Crippen LogP contribution in [-0.2, 0) is 12.7 Å². The fourth-order valence-corrected chi connectivity index (χ4v) is 2.42. The molecular formula is C19H24F3N5O. The smallest absolute Gasteiger partial charge is 0.419 e. The van der Waals surface area contributed by atoms with Gasteiger partial charge in [-0.05, 0) is 36.8 Å². The summed E-state index contributed by atoms with van der Waals surface area (Å²) in [5.41, 5.74) is 0.201. The van der Waals surface area contributed by atoms with Gasteiger partial charge < -0.3 is 20.7 Å². The van der Waals surface area contributed by atoms with Crippen LogP contribution in [0.5, 0.6) is 5.75 Å². The molecule has 0 saturated carbocycles. The number of hydrogen-bond donors (Lipinski definition) is 3. The zero-order valence-corrected chi connectivity index (χ0v) is 15.8. The molecule has 0 amide bonds. The summed E-state index contributed by atoms with van der Waals surface area (Å²) in [7, 11) is 1.60. The second-order valence-electron chi connectivity index (χ2n) is 5.80. The second kappa shape index (κ2) is 10.4. The maximum atomic E-state index is 13.0. The highest BCUT2D eigenvalue weighted by atomic mass is 19.4. The Balaban J connectivity index is 1.90. The van der Waals surface area contributed by atoms with Gasteiger partial charge in [-0.15, -0.1) is 0 Å². The van der Waals surface area contributed by atoms with Gasteiger partial charge in [-0.3, -0.25) is 0 Å². The van der Waals surface area contributed by atoms with Crippen molar-refractivity contribution in [3.8, 4) is 5.75 Å². The molecule has 9 heteroatoms. The molecule has 2 rings (SSSR count). The lowest BCUT2D eigenvalue weighted by Crippen LogP contribution is -2.39. The SMILES string of the molecule is CCNC(=NCc1cccc(OC)c1)NCCNc1ncccc1C(F)(F)F. The van der Waals surface area contributed by atoms with Crippen LogP contribution in [0.1, 0.15) is 18.1 Å². The molecule has 0 aliphatic rings. The number of rotatable bonds is 8. The summed E-state index contributed by atoms with van der Waals surface area (Å²) in [5.74, 6) is 1.14. The maximum absolute atomic E-state index is 13.0. The summed E-state index contributed by atoms with van der Waals surface area (Å²) in [5, 5.41) is 8.90. The molecule has 1 heterocycles. The number of pyridine rings is 1. The molecule has 0 aliphatic carbocycles. The summed E-state index contributed by atoms with van der Waals surface area (Å²) in [4.78, 5) is 8.25. The number of nitrogens with one attached hydrogen (secondary N) is 3. The number of halogens is 3. The largest absolute Gasteiger partial charge is 0.497 e. The fraction of sp³-hybridized carbons (Fsp3) is 0.368. The number of hydrogen-bond acceptors (Lipinski definition) is 4. The Kier molecular flexibility index (Phi) is 7.91. The lowest BCUT2D eigenvalue weighted by atomic mass is 10.2. The van der Waals surface area contributed by atoms with E-state index in [9.17, 15) is 13.2 Å². The van der Waals surface area contributed by atoms with Gasteiger partial charge in [0.25, 0.3) is 0 Å². The van der Waals surface area contributed by atoms with Gasteiger partial charge in [0.05, 0.1) is 19.2 Å². The van der Waals surface area contributed by atoms with E-state index in [0.29, 0.717) is 25.6 Å². The first-order valence-corrected chi connectivity index (χ1v) is 8.85. The number of aliphatic imine (C=N–C) groups is 1. The zero-order chi connectivity index (χ0) is 20.4. The van der Waals surface area contributed by atoms with Gasteiger partial charge in [0.15, 0.2) is 5.96 Å². The first kappa shape index (κ1) is 21.3. The quantitative estimate of drug-likeness (QED) is 0.364. The van der Waals surface area contributed by atoms with Crippen LogP contribution in [0.3, 0.4) is 0 Å². The average molecular weight is 395 g/mol. The average Bonchev–Trinajstić information content (AvgIpc) is 2.69. The first-order valence-electron chi connectivity index (χ1n) is 8.85. The molecule has 28 heavy (non-hydrogen) atoms. The maximum Gasteiger partial charge on any atom is 0.419 e. The van der Waals surface area contributed by atoms with E-state index >= 15 is 0 Å². The molecule has 0 fully saturated rings. The van der Waals surface area contributed by atoms with Crippen LogP contribution in [0, 0.1) is 0 Å². The third kappa shape index (κ3) is 6.64. The Morgan fingerprint density at radius 3 is 2.68 bits per heavy atom. The van der Waals surface area contributed by atoms with Gasteiger partial charge in [-0.25, -0.2) is 9.98 Å². The van der Waals surface area contributed by atoms with Crippen molar-refractivity contribution in [1.29, 1.82) is 0 Å². The van der Waals surface area contributed by atoms with Crippen LogP contribution < -0.4 is 20.7 Å². The lowest BCUT2D eigenvalue weighted by Gasteiger charge is -2.15. The van der Waals surface area contributed by atoms with Gasteiger partial charge in [0.1, 0.15) is 11.6 Å². The van der Waals surface area contributed by atoms with E-state index in [1.165, 1.54) is 12.3 Å². The van der Waals surface area contributed by atoms with E-state index in [4.69, 9.17) is 4.74 Å². The number of aromatic nitrogens is 1. The molecule has 0 radical (unpaired) electrons. The number of ether oxygens (including phenoxy) is 1. The zero-order valence-electron chi connectivity index (χ0n) is 15.8. The van der Waals surface area contributed by atoms with Crippen molar-refractivity contribution in [2.75, 3.05) is 32.1 Å². The molecule has 0 bridgehead atoms. The molecule has 2 aromatic rings. The Morgan fingerprint density at radius 1 is 1.14 bits per heavy atom. The van der Waals surface area contributed by atoms with Crippen LogP contribution in [-0.4, -0.2) is 37.7 Å². The van der Waals surface area contributed by atoms with E-state index in [1.807, 2.05) is 31.2 Å². The van der Waals surface area contributed by atoms with Gasteiger partial charge in [0, 0.05) is 25.8 Å². The van der Waals surface area contributed by atoms with E-state index in [-0.39, 0.29) is 12.4 Å². The number of benzene rings is 1. The van der Waals surface area contributed by atoms with Crippen LogP contribution >= 0.6 is 0 Å². The van der Waals surface area contributed by atoms with E-state index in [2.05, 4.69) is 25.9 Å². The molecule has 0 spiro atoms. The number of methoxy groups -OCH3 is 1. The van der Waals surface area contributed by atoms with E-state index in [1.54, 1.807) is 7.11 Å². The van der Waals surface area contributed by atoms with Crippen molar-refractivity contribution in [1.82, 2.24) is 15.6 Å². The molecular weight excluding hydrogens is 371 g/mol. The molecule has 152 valence electrons. The number of alkyl halides is 3. The monoisotopic (exact) mass is 395 g/mol. The Labute approximate surface area is 162 Å². The Hall–Kier alpha value is -2.97. The third-order valence-corrected chi connectivity index (χ3v) is 3.72. The molecule has 0 unspecified atom stereocenters. The first-order chi connectivity index (χ1) is 13.4. The predicted molar refractivity (Wildman–Crippen MR) is 104 cm³/mol. The molecule has 6 nitrogen and oxygen atoms in total. The molecule has 0 saturated heterocycles. The van der Waals surface area contributed by atoms with Crippen LogP contribution in [0.2, 0.25) is 0 Å². The van der Waals surface area contributed by atoms with Crippen molar-refractivity contribution >= 4 is 11.8 Å². The standard InChI is InChI=1S/C19H24F3N5O/c1-3-23-18(27-13-14-6-4-7-15(12-14)28-2)26-11-10-25-17-16(19(20,21)22)8-5-9-24-17/h4-9,12H,3,10-11,13H2,1-2H3,(H,24,25)(H2,23,26,27). The van der Waals surface area contributed by atoms with Crippen molar-refractivity contribution in [2.45, 2.75) is 19.6 Å². The minimum absolute atomic E-state index is 0.185. The molecule has 0 aliphatic heterocycles. The minimum Gasteiger partial charge on any atom is -0.497 e. The summed E-state index contributed by atoms with van der Waals surface area (Å²) < 4.78 is 44.1. The topological polar surface area (TPSA) is 70.6 Å². The second-order valence-corrected chi connectivity index (χ2v) is 5.80. The third-order valence-electron chi connectivity index (χ3n) is 3.72. The van der Waals surface area contributed by atoms with Crippen LogP contribution in [0.15, 0.2) is 47.6 Å².